The smallest absolute Gasteiger partial charge is 0.231 e. The summed E-state index contributed by atoms with van der Waals surface area (Å²) in [6.45, 7) is 2.37. The standard InChI is InChI=1S/C13H18N2O2/c1-9-3-4-10(17-2)7-11(9)15-12(16)13(8-14)5-6-13/h3-4,7H,5-6,8,14H2,1-2H3,(H,15,16). The zero-order valence-electron chi connectivity index (χ0n) is 10.2. The first-order valence-electron chi connectivity index (χ1n) is 5.77. The lowest BCUT2D eigenvalue weighted by Crippen LogP contribution is -2.31. The summed E-state index contributed by atoms with van der Waals surface area (Å²) in [7, 11) is 1.61. The fourth-order valence-electron chi connectivity index (χ4n) is 1.79. The SMILES string of the molecule is COc1ccc(C)c(NC(=O)C2(CN)CC2)c1. The van der Waals surface area contributed by atoms with Crippen LogP contribution in [0.1, 0.15) is 18.4 Å². The lowest BCUT2D eigenvalue weighted by atomic mass is 10.1. The third-order valence-corrected chi connectivity index (χ3v) is 3.42. The van der Waals surface area contributed by atoms with Crippen molar-refractivity contribution in [2.45, 2.75) is 19.8 Å². The second-order valence-corrected chi connectivity index (χ2v) is 4.62. The highest BCUT2D eigenvalue weighted by Gasteiger charge is 2.48. The first-order chi connectivity index (χ1) is 8.11. The maximum absolute atomic E-state index is 12.0. The molecule has 4 nitrogen and oxygen atoms in total. The molecule has 3 N–H and O–H groups in total. The van der Waals surface area contributed by atoms with Gasteiger partial charge in [0.15, 0.2) is 0 Å². The van der Waals surface area contributed by atoms with Crippen molar-refractivity contribution < 1.29 is 9.53 Å². The van der Waals surface area contributed by atoms with Crippen LogP contribution in [0.2, 0.25) is 0 Å². The van der Waals surface area contributed by atoms with Crippen LogP contribution in [0.5, 0.6) is 5.75 Å². The monoisotopic (exact) mass is 234 g/mol. The van der Waals surface area contributed by atoms with Gasteiger partial charge in [-0.25, -0.2) is 0 Å². The van der Waals surface area contributed by atoms with E-state index in [1.54, 1.807) is 7.11 Å². The van der Waals surface area contributed by atoms with Crippen LogP contribution in [0.15, 0.2) is 18.2 Å². The highest BCUT2D eigenvalue weighted by Crippen LogP contribution is 2.45. The average molecular weight is 234 g/mol. The topological polar surface area (TPSA) is 64.3 Å². The second-order valence-electron chi connectivity index (χ2n) is 4.62. The summed E-state index contributed by atoms with van der Waals surface area (Å²) in [6.07, 6.45) is 1.77. The molecule has 1 aliphatic carbocycles. The Morgan fingerprint density at radius 3 is 2.76 bits per heavy atom. The van der Waals surface area contributed by atoms with Crippen LogP contribution in [0.25, 0.3) is 0 Å². The van der Waals surface area contributed by atoms with Crippen LogP contribution in [0.4, 0.5) is 5.69 Å². The van der Waals surface area contributed by atoms with Gasteiger partial charge in [0.05, 0.1) is 12.5 Å². The van der Waals surface area contributed by atoms with Gasteiger partial charge < -0.3 is 15.8 Å². The Morgan fingerprint density at radius 1 is 1.53 bits per heavy atom. The summed E-state index contributed by atoms with van der Waals surface area (Å²) >= 11 is 0. The quantitative estimate of drug-likeness (QED) is 0.833. The van der Waals surface area contributed by atoms with Gasteiger partial charge in [0.2, 0.25) is 5.91 Å². The summed E-state index contributed by atoms with van der Waals surface area (Å²) in [4.78, 5) is 12.0. The first-order valence-corrected chi connectivity index (χ1v) is 5.77. The number of benzene rings is 1. The van der Waals surface area contributed by atoms with E-state index in [1.807, 2.05) is 25.1 Å². The normalized spacial score (nSPS) is 16.4. The van der Waals surface area contributed by atoms with Crippen LogP contribution < -0.4 is 15.8 Å². The number of carbonyl (C=O) groups excluding carboxylic acids is 1. The molecule has 0 spiro atoms. The number of amides is 1. The molecular weight excluding hydrogens is 216 g/mol. The minimum Gasteiger partial charge on any atom is -0.497 e. The number of nitrogens with two attached hydrogens (primary N) is 1. The molecule has 0 aromatic heterocycles. The molecule has 0 radical (unpaired) electrons. The summed E-state index contributed by atoms with van der Waals surface area (Å²) in [5, 5.41) is 2.94. The van der Waals surface area contributed by atoms with E-state index in [-0.39, 0.29) is 11.3 Å². The molecule has 0 heterocycles. The van der Waals surface area contributed by atoms with Gasteiger partial charge in [-0.15, -0.1) is 0 Å². The largest absolute Gasteiger partial charge is 0.497 e. The van der Waals surface area contributed by atoms with E-state index in [9.17, 15) is 4.79 Å². The molecular formula is C13H18N2O2. The van der Waals surface area contributed by atoms with Crippen molar-refractivity contribution in [3.63, 3.8) is 0 Å². The number of carbonyl (C=O) groups is 1. The van der Waals surface area contributed by atoms with Crippen molar-refractivity contribution in [1.29, 1.82) is 0 Å². The molecule has 0 atom stereocenters. The Balaban J connectivity index is 2.15. The molecule has 0 bridgehead atoms. The molecule has 0 saturated heterocycles. The number of aryl methyl sites for hydroxylation is 1. The highest BCUT2D eigenvalue weighted by molar-refractivity contribution is 5.98. The molecule has 1 amide bonds. The van der Waals surface area contributed by atoms with Gasteiger partial charge in [-0.2, -0.15) is 0 Å². The maximum Gasteiger partial charge on any atom is 0.231 e. The lowest BCUT2D eigenvalue weighted by molar-refractivity contribution is -0.120. The Kier molecular flexibility index (Phi) is 3.07. The number of hydrogen-bond acceptors (Lipinski definition) is 3. The molecule has 1 aromatic carbocycles. The number of rotatable bonds is 4. The Labute approximate surface area is 101 Å². The van der Waals surface area contributed by atoms with E-state index in [0.29, 0.717) is 6.54 Å². The van der Waals surface area contributed by atoms with Crippen LogP contribution >= 0.6 is 0 Å². The Bertz CT molecular complexity index is 439. The van der Waals surface area contributed by atoms with Crippen LogP contribution in [0, 0.1) is 12.3 Å². The summed E-state index contributed by atoms with van der Waals surface area (Å²) < 4.78 is 5.14. The zero-order chi connectivity index (χ0) is 12.5. The van der Waals surface area contributed by atoms with E-state index in [1.165, 1.54) is 0 Å². The number of nitrogens with one attached hydrogen (secondary N) is 1. The van der Waals surface area contributed by atoms with E-state index in [0.717, 1.165) is 29.8 Å². The molecule has 1 aliphatic rings. The van der Waals surface area contributed by atoms with Gasteiger partial charge in [0.25, 0.3) is 0 Å². The fraction of sp³-hybridized carbons (Fsp3) is 0.462. The van der Waals surface area contributed by atoms with Gasteiger partial charge in [0.1, 0.15) is 5.75 Å². The Hall–Kier alpha value is -1.55. The van der Waals surface area contributed by atoms with Crippen LogP contribution in [-0.2, 0) is 4.79 Å². The van der Waals surface area contributed by atoms with Gasteiger partial charge in [-0.1, -0.05) is 6.07 Å². The number of ether oxygens (including phenoxy) is 1. The lowest BCUT2D eigenvalue weighted by Gasteiger charge is -2.15. The highest BCUT2D eigenvalue weighted by atomic mass is 16.5. The minimum absolute atomic E-state index is 0.0244. The van der Waals surface area contributed by atoms with Crippen molar-refractivity contribution in [2.24, 2.45) is 11.1 Å². The van der Waals surface area contributed by atoms with E-state index >= 15 is 0 Å². The van der Waals surface area contributed by atoms with Crippen molar-refractivity contribution in [3.05, 3.63) is 23.8 Å². The summed E-state index contributed by atoms with van der Waals surface area (Å²) in [5.41, 5.74) is 7.13. The third-order valence-electron chi connectivity index (χ3n) is 3.42. The van der Waals surface area contributed by atoms with Crippen LogP contribution in [0.3, 0.4) is 0 Å². The predicted octanol–water partition coefficient (Wildman–Crippen LogP) is 1.68. The average Bonchev–Trinajstić information content (AvgIpc) is 3.13. The summed E-state index contributed by atoms with van der Waals surface area (Å²) in [5.74, 6) is 0.764. The van der Waals surface area contributed by atoms with Gasteiger partial charge in [0, 0.05) is 18.3 Å². The summed E-state index contributed by atoms with van der Waals surface area (Å²) in [6, 6.07) is 5.64. The molecule has 1 fully saturated rings. The number of hydrogen-bond donors (Lipinski definition) is 2. The van der Waals surface area contributed by atoms with Crippen molar-refractivity contribution in [1.82, 2.24) is 0 Å². The van der Waals surface area contributed by atoms with Gasteiger partial charge in [-0.05, 0) is 31.4 Å². The second kappa shape index (κ2) is 4.37. The zero-order valence-corrected chi connectivity index (χ0v) is 10.2. The Morgan fingerprint density at radius 2 is 2.24 bits per heavy atom. The third kappa shape index (κ3) is 2.26. The van der Waals surface area contributed by atoms with E-state index in [4.69, 9.17) is 10.5 Å². The number of methoxy groups -OCH3 is 1. The van der Waals surface area contributed by atoms with Gasteiger partial charge >= 0.3 is 0 Å². The molecule has 1 saturated carbocycles. The van der Waals surface area contributed by atoms with Crippen molar-refractivity contribution in [3.8, 4) is 5.75 Å². The van der Waals surface area contributed by atoms with E-state index < -0.39 is 0 Å². The van der Waals surface area contributed by atoms with Crippen molar-refractivity contribution >= 4 is 11.6 Å². The van der Waals surface area contributed by atoms with E-state index in [2.05, 4.69) is 5.32 Å². The van der Waals surface area contributed by atoms with Crippen LogP contribution in [-0.4, -0.2) is 19.6 Å². The molecule has 17 heavy (non-hydrogen) atoms. The molecule has 4 heteroatoms. The predicted molar refractivity (Wildman–Crippen MR) is 67.1 cm³/mol. The molecule has 2 rings (SSSR count). The fourth-order valence-corrected chi connectivity index (χ4v) is 1.79. The molecule has 0 aliphatic heterocycles. The molecule has 0 unspecified atom stereocenters. The molecule has 92 valence electrons. The first kappa shape index (κ1) is 11.9. The van der Waals surface area contributed by atoms with Crippen molar-refractivity contribution in [2.75, 3.05) is 19.0 Å². The van der Waals surface area contributed by atoms with Gasteiger partial charge in [-0.3, -0.25) is 4.79 Å². The number of anilines is 1. The molecule has 1 aromatic rings. The minimum atomic E-state index is -0.324. The maximum atomic E-state index is 12.0.